The number of hydrogen-bond acceptors (Lipinski definition) is 4. The van der Waals surface area contributed by atoms with Gasteiger partial charge < -0.3 is 14.0 Å². The first-order valence-corrected chi connectivity index (χ1v) is 5.73. The van der Waals surface area contributed by atoms with E-state index in [1.807, 2.05) is 0 Å². The van der Waals surface area contributed by atoms with Gasteiger partial charge in [-0.3, -0.25) is 0 Å². The minimum Gasteiger partial charge on any atom is -0.482 e. The average Bonchev–Trinajstić information content (AvgIpc) is 2.27. The van der Waals surface area contributed by atoms with Crippen LogP contribution in [0.5, 0.6) is 5.75 Å². The monoisotopic (exact) mass is 244 g/mol. The van der Waals surface area contributed by atoms with Crippen LogP contribution in [-0.4, -0.2) is 27.9 Å². The van der Waals surface area contributed by atoms with E-state index in [1.165, 1.54) is 12.1 Å². The molecule has 0 amide bonds. The third-order valence-electron chi connectivity index (χ3n) is 1.67. The zero-order valence-corrected chi connectivity index (χ0v) is 9.53. The molecule has 1 N–H and O–H groups in total. The van der Waals surface area contributed by atoms with Gasteiger partial charge in [-0.05, 0) is 25.1 Å². The molecule has 0 fully saturated rings. The number of hydrogen-bond donors (Lipinski definition) is 1. The maximum atomic E-state index is 11.0. The topological polar surface area (TPSA) is 72.8 Å². The van der Waals surface area contributed by atoms with Crippen LogP contribution in [0.3, 0.4) is 0 Å². The van der Waals surface area contributed by atoms with Gasteiger partial charge in [0.25, 0.3) is 0 Å². The Morgan fingerprint density at radius 2 is 2.25 bits per heavy atom. The molecule has 0 aromatic heterocycles. The summed E-state index contributed by atoms with van der Waals surface area (Å²) in [6.07, 6.45) is 0. The molecule has 0 radical (unpaired) electrons. The van der Waals surface area contributed by atoms with Gasteiger partial charge in [0.15, 0.2) is 17.7 Å². The molecule has 6 heteroatoms. The van der Waals surface area contributed by atoms with Crippen LogP contribution >= 0.6 is 0 Å². The fourth-order valence-electron chi connectivity index (χ4n) is 1.02. The summed E-state index contributed by atoms with van der Waals surface area (Å²) in [5, 5.41) is 0. The van der Waals surface area contributed by atoms with Crippen LogP contribution in [0.1, 0.15) is 6.92 Å². The van der Waals surface area contributed by atoms with Crippen molar-refractivity contribution in [2.45, 2.75) is 11.8 Å². The lowest BCUT2D eigenvalue weighted by Crippen LogP contribution is -2.14. The highest BCUT2D eigenvalue weighted by Gasteiger charge is 2.05. The summed E-state index contributed by atoms with van der Waals surface area (Å²) >= 11 is -2.05. The fraction of sp³-hybridized carbons (Fsp3) is 0.300. The average molecular weight is 244 g/mol. The van der Waals surface area contributed by atoms with E-state index in [4.69, 9.17) is 9.29 Å². The molecule has 0 saturated carbocycles. The minimum absolute atomic E-state index is 0.213. The Bertz CT molecular complexity index is 391. The summed E-state index contributed by atoms with van der Waals surface area (Å²) in [6, 6.07) is 6.06. The van der Waals surface area contributed by atoms with E-state index in [2.05, 4.69) is 4.74 Å². The second-order valence-electron chi connectivity index (χ2n) is 2.82. The van der Waals surface area contributed by atoms with E-state index >= 15 is 0 Å². The first kappa shape index (κ1) is 12.7. The maximum absolute atomic E-state index is 11.0. The van der Waals surface area contributed by atoms with Gasteiger partial charge in [0.2, 0.25) is 0 Å². The Labute approximate surface area is 95.7 Å². The molecule has 0 aliphatic rings. The van der Waals surface area contributed by atoms with Crippen molar-refractivity contribution >= 4 is 17.0 Å². The third kappa shape index (κ3) is 4.00. The van der Waals surface area contributed by atoms with Crippen molar-refractivity contribution in [3.05, 3.63) is 24.3 Å². The molecule has 1 aromatic rings. The van der Waals surface area contributed by atoms with Gasteiger partial charge in [-0.25, -0.2) is 9.00 Å². The molecule has 1 atom stereocenters. The Morgan fingerprint density at radius 3 is 2.88 bits per heavy atom. The summed E-state index contributed by atoms with van der Waals surface area (Å²) in [4.78, 5) is 11.2. The van der Waals surface area contributed by atoms with Gasteiger partial charge in [-0.1, -0.05) is 6.07 Å². The smallest absolute Gasteiger partial charge is 0.344 e. The van der Waals surface area contributed by atoms with E-state index in [-0.39, 0.29) is 11.5 Å². The number of benzene rings is 1. The molecule has 1 rings (SSSR count). The summed E-state index contributed by atoms with van der Waals surface area (Å²) < 4.78 is 29.4. The second-order valence-corrected chi connectivity index (χ2v) is 3.79. The summed E-state index contributed by atoms with van der Waals surface area (Å²) in [5.74, 6) is -0.119. The molecule has 1 aromatic carbocycles. The van der Waals surface area contributed by atoms with Gasteiger partial charge in [-0.15, -0.1) is 0 Å². The van der Waals surface area contributed by atoms with Crippen molar-refractivity contribution in [1.82, 2.24) is 0 Å². The van der Waals surface area contributed by atoms with Crippen LogP contribution in [0.25, 0.3) is 0 Å². The number of esters is 1. The predicted molar refractivity (Wildman–Crippen MR) is 57.6 cm³/mol. The van der Waals surface area contributed by atoms with Crippen molar-refractivity contribution < 1.29 is 23.0 Å². The molecular weight excluding hydrogens is 232 g/mol. The molecule has 0 heterocycles. The standard InChI is InChI=1S/C10H12O5S/c1-2-14-10(11)7-15-8-4-3-5-9(6-8)16(12)13/h3-6H,2,7H2,1H3,(H,12,13). The van der Waals surface area contributed by atoms with Crippen LogP contribution in [0.2, 0.25) is 0 Å². The quantitative estimate of drug-likeness (QED) is 0.622. The van der Waals surface area contributed by atoms with Gasteiger partial charge in [0, 0.05) is 0 Å². The third-order valence-corrected chi connectivity index (χ3v) is 2.33. The van der Waals surface area contributed by atoms with Crippen molar-refractivity contribution in [3.63, 3.8) is 0 Å². The van der Waals surface area contributed by atoms with E-state index < -0.39 is 17.0 Å². The first-order chi connectivity index (χ1) is 7.63. The largest absolute Gasteiger partial charge is 0.482 e. The van der Waals surface area contributed by atoms with Crippen molar-refractivity contribution in [3.8, 4) is 5.75 Å². The molecule has 16 heavy (non-hydrogen) atoms. The molecule has 0 bridgehead atoms. The second kappa shape index (κ2) is 6.24. The predicted octanol–water partition coefficient (Wildman–Crippen LogP) is 1.21. The number of carbonyl (C=O) groups is 1. The highest BCUT2D eigenvalue weighted by Crippen LogP contribution is 2.15. The zero-order chi connectivity index (χ0) is 12.0. The molecule has 88 valence electrons. The van der Waals surface area contributed by atoms with Crippen LogP contribution in [0, 0.1) is 0 Å². The summed E-state index contributed by atoms with van der Waals surface area (Å²) in [5.41, 5.74) is 0. The Hall–Kier alpha value is -1.40. The van der Waals surface area contributed by atoms with Gasteiger partial charge in [-0.2, -0.15) is 0 Å². The minimum atomic E-state index is -2.05. The number of rotatable bonds is 5. The van der Waals surface area contributed by atoms with E-state index in [1.54, 1.807) is 19.1 Å². The van der Waals surface area contributed by atoms with Crippen molar-refractivity contribution in [1.29, 1.82) is 0 Å². The van der Waals surface area contributed by atoms with Crippen LogP contribution in [0.4, 0.5) is 0 Å². The van der Waals surface area contributed by atoms with E-state index in [0.717, 1.165) is 0 Å². The number of ether oxygens (including phenoxy) is 2. The molecular formula is C10H12O5S. The van der Waals surface area contributed by atoms with E-state index in [9.17, 15) is 9.00 Å². The highest BCUT2D eigenvalue weighted by atomic mass is 32.2. The molecule has 0 aliphatic carbocycles. The highest BCUT2D eigenvalue weighted by molar-refractivity contribution is 7.79. The maximum Gasteiger partial charge on any atom is 0.344 e. The van der Waals surface area contributed by atoms with Gasteiger partial charge >= 0.3 is 5.97 Å². The van der Waals surface area contributed by atoms with Crippen LogP contribution < -0.4 is 4.74 Å². The molecule has 1 unspecified atom stereocenters. The summed E-state index contributed by atoms with van der Waals surface area (Å²) in [7, 11) is 0. The molecule has 0 aliphatic heterocycles. The number of carbonyl (C=O) groups excluding carboxylic acids is 1. The first-order valence-electron chi connectivity index (χ1n) is 4.63. The fourth-order valence-corrected chi connectivity index (χ4v) is 1.43. The zero-order valence-electron chi connectivity index (χ0n) is 8.71. The Balaban J connectivity index is 2.57. The molecule has 0 saturated heterocycles. The Kier molecular flexibility index (Phi) is 4.94. The lowest BCUT2D eigenvalue weighted by molar-refractivity contribution is -0.145. The van der Waals surface area contributed by atoms with Crippen LogP contribution in [0.15, 0.2) is 29.2 Å². The van der Waals surface area contributed by atoms with E-state index in [0.29, 0.717) is 12.4 Å². The van der Waals surface area contributed by atoms with Crippen LogP contribution in [-0.2, 0) is 20.6 Å². The normalized spacial score (nSPS) is 11.9. The molecule has 0 spiro atoms. The SMILES string of the molecule is CCOC(=O)COc1cccc(S(=O)O)c1. The lowest BCUT2D eigenvalue weighted by atomic mass is 10.3. The van der Waals surface area contributed by atoms with Gasteiger partial charge in [0.05, 0.1) is 11.5 Å². The van der Waals surface area contributed by atoms with Crippen molar-refractivity contribution in [2.24, 2.45) is 0 Å². The molecule has 5 nitrogen and oxygen atoms in total. The Morgan fingerprint density at radius 1 is 1.50 bits per heavy atom. The summed E-state index contributed by atoms with van der Waals surface area (Å²) in [6.45, 7) is 1.78. The van der Waals surface area contributed by atoms with Crippen molar-refractivity contribution in [2.75, 3.05) is 13.2 Å². The van der Waals surface area contributed by atoms with Gasteiger partial charge in [0.1, 0.15) is 5.75 Å². The lowest BCUT2D eigenvalue weighted by Gasteiger charge is -2.06.